The van der Waals surface area contributed by atoms with Crippen LogP contribution in [0.4, 0.5) is 0 Å². The Hall–Kier alpha value is -0.870. The lowest BCUT2D eigenvalue weighted by molar-refractivity contribution is 0.520. The van der Waals surface area contributed by atoms with Crippen LogP contribution in [-0.2, 0) is 21.8 Å². The van der Waals surface area contributed by atoms with Crippen molar-refractivity contribution in [1.29, 1.82) is 0 Å². The number of hydrogen-bond donors (Lipinski definition) is 1. The van der Waals surface area contributed by atoms with Crippen molar-refractivity contribution in [1.82, 2.24) is 5.32 Å². The lowest BCUT2D eigenvalue weighted by Gasteiger charge is -2.19. The van der Waals surface area contributed by atoms with E-state index in [-0.39, 0.29) is 11.3 Å². The first-order chi connectivity index (χ1) is 9.26. The molecule has 1 aromatic rings. The van der Waals surface area contributed by atoms with Crippen molar-refractivity contribution in [3.63, 3.8) is 0 Å². The van der Waals surface area contributed by atoms with Gasteiger partial charge < -0.3 is 5.32 Å². The SMILES string of the molecule is CC(C)(C)c1ccc(CNCC2CCS(=O)(=O)C2)cc1. The van der Waals surface area contributed by atoms with Crippen molar-refractivity contribution >= 4 is 9.84 Å². The normalized spacial score (nSPS) is 22.1. The molecule has 1 aromatic carbocycles. The average Bonchev–Trinajstić information content (AvgIpc) is 2.68. The number of benzene rings is 1. The first kappa shape index (κ1) is 15.5. The van der Waals surface area contributed by atoms with Gasteiger partial charge in [-0.15, -0.1) is 0 Å². The van der Waals surface area contributed by atoms with Gasteiger partial charge in [0.25, 0.3) is 0 Å². The Morgan fingerprint density at radius 3 is 2.35 bits per heavy atom. The molecule has 0 amide bonds. The molecule has 0 aliphatic carbocycles. The zero-order chi connectivity index (χ0) is 14.8. The Morgan fingerprint density at radius 2 is 1.85 bits per heavy atom. The summed E-state index contributed by atoms with van der Waals surface area (Å²) in [6.45, 7) is 8.23. The summed E-state index contributed by atoms with van der Waals surface area (Å²) in [7, 11) is -2.75. The van der Waals surface area contributed by atoms with Crippen molar-refractivity contribution in [3.05, 3.63) is 35.4 Å². The second kappa shape index (κ2) is 5.86. The fourth-order valence-corrected chi connectivity index (χ4v) is 4.44. The van der Waals surface area contributed by atoms with E-state index in [0.717, 1.165) is 19.5 Å². The summed E-state index contributed by atoms with van der Waals surface area (Å²) in [6.07, 6.45) is 0.804. The van der Waals surface area contributed by atoms with Crippen molar-refractivity contribution < 1.29 is 8.42 Å². The topological polar surface area (TPSA) is 46.2 Å². The second-order valence-electron chi connectivity index (χ2n) is 6.85. The van der Waals surface area contributed by atoms with Gasteiger partial charge in [0, 0.05) is 6.54 Å². The Labute approximate surface area is 122 Å². The van der Waals surface area contributed by atoms with Crippen LogP contribution in [0.5, 0.6) is 0 Å². The van der Waals surface area contributed by atoms with Gasteiger partial charge in [-0.3, -0.25) is 0 Å². The molecule has 0 saturated carbocycles. The van der Waals surface area contributed by atoms with Gasteiger partial charge in [-0.1, -0.05) is 45.0 Å². The molecule has 0 aromatic heterocycles. The highest BCUT2D eigenvalue weighted by molar-refractivity contribution is 7.91. The third-order valence-electron chi connectivity index (χ3n) is 3.91. The van der Waals surface area contributed by atoms with Crippen LogP contribution in [0.1, 0.15) is 38.3 Å². The van der Waals surface area contributed by atoms with E-state index < -0.39 is 9.84 Å². The minimum Gasteiger partial charge on any atom is -0.312 e. The summed E-state index contributed by atoms with van der Waals surface area (Å²) in [5.41, 5.74) is 2.77. The molecule has 0 spiro atoms. The van der Waals surface area contributed by atoms with E-state index in [1.807, 2.05) is 0 Å². The number of hydrogen-bond acceptors (Lipinski definition) is 3. The van der Waals surface area contributed by atoms with E-state index in [9.17, 15) is 8.42 Å². The second-order valence-corrected chi connectivity index (χ2v) is 9.08. The molecule has 1 aliphatic heterocycles. The van der Waals surface area contributed by atoms with Crippen LogP contribution in [0.3, 0.4) is 0 Å². The zero-order valence-corrected chi connectivity index (χ0v) is 13.5. The fourth-order valence-electron chi connectivity index (χ4n) is 2.58. The van der Waals surface area contributed by atoms with Gasteiger partial charge in [0.15, 0.2) is 9.84 Å². The molecule has 1 saturated heterocycles. The minimum atomic E-state index is -2.75. The van der Waals surface area contributed by atoms with Crippen molar-refractivity contribution in [2.45, 2.75) is 39.2 Å². The van der Waals surface area contributed by atoms with Crippen molar-refractivity contribution in [2.75, 3.05) is 18.1 Å². The molecule has 2 rings (SSSR count). The van der Waals surface area contributed by atoms with Crippen LogP contribution in [-0.4, -0.2) is 26.5 Å². The molecule has 1 unspecified atom stereocenters. The van der Waals surface area contributed by atoms with Gasteiger partial charge in [-0.25, -0.2) is 8.42 Å². The maximum atomic E-state index is 11.4. The molecule has 3 nitrogen and oxygen atoms in total. The molecule has 0 bridgehead atoms. The molecule has 20 heavy (non-hydrogen) atoms. The molecule has 4 heteroatoms. The summed E-state index contributed by atoms with van der Waals surface area (Å²) in [5.74, 6) is 0.997. The molecular formula is C16H25NO2S. The van der Waals surface area contributed by atoms with Gasteiger partial charge in [-0.2, -0.15) is 0 Å². The number of sulfone groups is 1. The molecule has 1 heterocycles. The Bertz CT molecular complexity index is 541. The highest BCUT2D eigenvalue weighted by Gasteiger charge is 2.27. The Balaban J connectivity index is 1.80. The highest BCUT2D eigenvalue weighted by atomic mass is 32.2. The van der Waals surface area contributed by atoms with E-state index in [1.165, 1.54) is 11.1 Å². The van der Waals surface area contributed by atoms with Gasteiger partial charge in [0.1, 0.15) is 0 Å². The van der Waals surface area contributed by atoms with E-state index in [4.69, 9.17) is 0 Å². The van der Waals surface area contributed by atoms with Crippen molar-refractivity contribution in [3.8, 4) is 0 Å². The van der Waals surface area contributed by atoms with Crippen LogP contribution in [0.25, 0.3) is 0 Å². The summed E-state index contributed by atoms with van der Waals surface area (Å²) >= 11 is 0. The van der Waals surface area contributed by atoms with Crippen LogP contribution in [0.2, 0.25) is 0 Å². The Morgan fingerprint density at radius 1 is 1.20 bits per heavy atom. The molecule has 1 aliphatic rings. The summed E-state index contributed by atoms with van der Waals surface area (Å²) < 4.78 is 22.8. The lowest BCUT2D eigenvalue weighted by atomic mass is 9.87. The first-order valence-corrected chi connectivity index (χ1v) is 9.09. The standard InChI is InChI=1S/C16H25NO2S/c1-16(2,3)15-6-4-13(5-7-15)10-17-11-14-8-9-20(18,19)12-14/h4-7,14,17H,8-12H2,1-3H3. The first-order valence-electron chi connectivity index (χ1n) is 7.27. The van der Waals surface area contributed by atoms with Crippen molar-refractivity contribution in [2.24, 2.45) is 5.92 Å². The average molecular weight is 295 g/mol. The molecular weight excluding hydrogens is 270 g/mol. The summed E-state index contributed by atoms with van der Waals surface area (Å²) in [4.78, 5) is 0. The molecule has 112 valence electrons. The largest absolute Gasteiger partial charge is 0.312 e. The maximum Gasteiger partial charge on any atom is 0.150 e. The maximum absolute atomic E-state index is 11.4. The van der Waals surface area contributed by atoms with E-state index in [2.05, 4.69) is 50.4 Å². The van der Waals surface area contributed by atoms with Crippen LogP contribution < -0.4 is 5.32 Å². The fraction of sp³-hybridized carbons (Fsp3) is 0.625. The molecule has 1 N–H and O–H groups in total. The van der Waals surface area contributed by atoms with Crippen LogP contribution in [0.15, 0.2) is 24.3 Å². The van der Waals surface area contributed by atoms with Crippen LogP contribution in [0, 0.1) is 5.92 Å². The van der Waals surface area contributed by atoms with Crippen LogP contribution >= 0.6 is 0 Å². The van der Waals surface area contributed by atoms with Gasteiger partial charge >= 0.3 is 0 Å². The number of nitrogens with one attached hydrogen (secondary N) is 1. The predicted molar refractivity (Wildman–Crippen MR) is 83.6 cm³/mol. The van der Waals surface area contributed by atoms with Gasteiger partial charge in [-0.05, 0) is 35.4 Å². The zero-order valence-electron chi connectivity index (χ0n) is 12.6. The van der Waals surface area contributed by atoms with Gasteiger partial charge in [0.2, 0.25) is 0 Å². The molecule has 1 atom stereocenters. The summed E-state index contributed by atoms with van der Waals surface area (Å²) in [6, 6.07) is 8.66. The Kier molecular flexibility index (Phi) is 4.55. The highest BCUT2D eigenvalue weighted by Crippen LogP contribution is 2.22. The third kappa shape index (κ3) is 4.32. The monoisotopic (exact) mass is 295 g/mol. The minimum absolute atomic E-state index is 0.185. The summed E-state index contributed by atoms with van der Waals surface area (Å²) in [5, 5.41) is 3.38. The van der Waals surface area contributed by atoms with E-state index >= 15 is 0 Å². The van der Waals surface area contributed by atoms with E-state index in [0.29, 0.717) is 11.5 Å². The third-order valence-corrected chi connectivity index (χ3v) is 5.75. The smallest absolute Gasteiger partial charge is 0.150 e. The lowest BCUT2D eigenvalue weighted by Crippen LogP contribution is -2.23. The molecule has 0 radical (unpaired) electrons. The predicted octanol–water partition coefficient (Wildman–Crippen LogP) is 2.51. The van der Waals surface area contributed by atoms with Gasteiger partial charge in [0.05, 0.1) is 11.5 Å². The number of rotatable bonds is 4. The quantitative estimate of drug-likeness (QED) is 0.928. The molecule has 1 fully saturated rings. The van der Waals surface area contributed by atoms with E-state index in [1.54, 1.807) is 0 Å².